The van der Waals surface area contributed by atoms with Crippen LogP contribution in [0.4, 0.5) is 0 Å². The molecule has 0 aromatic carbocycles. The van der Waals surface area contributed by atoms with Crippen molar-refractivity contribution in [2.75, 3.05) is 19.7 Å². The third-order valence-electron chi connectivity index (χ3n) is 2.23. The lowest BCUT2D eigenvalue weighted by atomic mass is 10.0. The summed E-state index contributed by atoms with van der Waals surface area (Å²) in [4.78, 5) is 11.5. The fraction of sp³-hybridized carbons (Fsp3) is 0.900. The molecule has 2 atom stereocenters. The standard InChI is InChI=1S/C10H22N2O2/c1-3-4-9(5-11)10(14)12-6-8(2)7-13/h8-9,13H,3-7,11H2,1-2H3,(H,12,14). The molecule has 0 bridgehead atoms. The fourth-order valence-corrected chi connectivity index (χ4v) is 1.19. The van der Waals surface area contributed by atoms with Crippen molar-refractivity contribution in [2.45, 2.75) is 26.7 Å². The fourth-order valence-electron chi connectivity index (χ4n) is 1.19. The summed E-state index contributed by atoms with van der Waals surface area (Å²) in [6.45, 7) is 4.94. The first-order valence-corrected chi connectivity index (χ1v) is 5.24. The quantitative estimate of drug-likeness (QED) is 0.548. The van der Waals surface area contributed by atoms with Gasteiger partial charge < -0.3 is 16.2 Å². The molecule has 14 heavy (non-hydrogen) atoms. The van der Waals surface area contributed by atoms with Crippen molar-refractivity contribution in [2.24, 2.45) is 17.6 Å². The van der Waals surface area contributed by atoms with Crippen LogP contribution in [0, 0.1) is 11.8 Å². The first kappa shape index (κ1) is 13.4. The topological polar surface area (TPSA) is 75.4 Å². The zero-order valence-corrected chi connectivity index (χ0v) is 9.12. The molecule has 0 rings (SSSR count). The second kappa shape index (κ2) is 7.76. The van der Waals surface area contributed by atoms with E-state index in [4.69, 9.17) is 10.8 Å². The molecule has 4 heteroatoms. The lowest BCUT2D eigenvalue weighted by molar-refractivity contribution is -0.125. The number of carbonyl (C=O) groups excluding carboxylic acids is 1. The van der Waals surface area contributed by atoms with Crippen LogP contribution in [-0.4, -0.2) is 30.7 Å². The molecule has 0 aliphatic carbocycles. The highest BCUT2D eigenvalue weighted by Gasteiger charge is 2.15. The largest absolute Gasteiger partial charge is 0.396 e. The smallest absolute Gasteiger partial charge is 0.224 e. The Kier molecular flexibility index (Phi) is 7.42. The molecule has 0 heterocycles. The summed E-state index contributed by atoms with van der Waals surface area (Å²) in [6.07, 6.45) is 1.79. The maximum absolute atomic E-state index is 11.5. The zero-order chi connectivity index (χ0) is 11.0. The Morgan fingerprint density at radius 3 is 2.64 bits per heavy atom. The predicted molar refractivity (Wildman–Crippen MR) is 56.7 cm³/mol. The minimum atomic E-state index is -0.0779. The van der Waals surface area contributed by atoms with Crippen LogP contribution in [0.25, 0.3) is 0 Å². The van der Waals surface area contributed by atoms with Crippen LogP contribution < -0.4 is 11.1 Å². The van der Waals surface area contributed by atoms with E-state index < -0.39 is 0 Å². The SMILES string of the molecule is CCCC(CN)C(=O)NCC(C)CO. The normalized spacial score (nSPS) is 14.9. The van der Waals surface area contributed by atoms with Gasteiger partial charge in [0.25, 0.3) is 0 Å². The van der Waals surface area contributed by atoms with Crippen molar-refractivity contribution >= 4 is 5.91 Å². The molecule has 1 amide bonds. The molecule has 0 aromatic rings. The summed E-state index contributed by atoms with van der Waals surface area (Å²) in [5.41, 5.74) is 5.49. The van der Waals surface area contributed by atoms with Crippen molar-refractivity contribution in [3.8, 4) is 0 Å². The van der Waals surface area contributed by atoms with Gasteiger partial charge in [0.1, 0.15) is 0 Å². The molecule has 4 N–H and O–H groups in total. The Morgan fingerprint density at radius 2 is 2.21 bits per heavy atom. The molecular weight excluding hydrogens is 180 g/mol. The van der Waals surface area contributed by atoms with Crippen molar-refractivity contribution in [3.63, 3.8) is 0 Å². The number of hydrogen-bond acceptors (Lipinski definition) is 3. The van der Waals surface area contributed by atoms with Gasteiger partial charge in [-0.15, -0.1) is 0 Å². The third kappa shape index (κ3) is 5.19. The molecule has 0 saturated heterocycles. The first-order valence-electron chi connectivity index (χ1n) is 5.24. The lowest BCUT2D eigenvalue weighted by Crippen LogP contribution is -2.37. The van der Waals surface area contributed by atoms with Crippen LogP contribution >= 0.6 is 0 Å². The summed E-state index contributed by atoms with van der Waals surface area (Å²) in [7, 11) is 0. The maximum atomic E-state index is 11.5. The maximum Gasteiger partial charge on any atom is 0.224 e. The van der Waals surface area contributed by atoms with Crippen LogP contribution in [0.5, 0.6) is 0 Å². The summed E-state index contributed by atoms with van der Waals surface area (Å²) < 4.78 is 0. The number of aliphatic hydroxyl groups is 1. The molecule has 0 fully saturated rings. The summed E-state index contributed by atoms with van der Waals surface area (Å²) >= 11 is 0. The molecule has 0 aromatic heterocycles. The Balaban J connectivity index is 3.80. The predicted octanol–water partition coefficient (Wildman–Crippen LogP) is 0.106. The summed E-state index contributed by atoms with van der Waals surface area (Å²) in [5.74, 6) is 0.0412. The molecule has 4 nitrogen and oxygen atoms in total. The minimum Gasteiger partial charge on any atom is -0.396 e. The van der Waals surface area contributed by atoms with Gasteiger partial charge in [0.15, 0.2) is 0 Å². The summed E-state index contributed by atoms with van der Waals surface area (Å²) in [5, 5.41) is 11.6. The number of nitrogens with two attached hydrogens (primary N) is 1. The van der Waals surface area contributed by atoms with E-state index >= 15 is 0 Å². The molecule has 0 aliphatic rings. The third-order valence-corrected chi connectivity index (χ3v) is 2.23. The van der Waals surface area contributed by atoms with Gasteiger partial charge in [-0.25, -0.2) is 0 Å². The molecule has 84 valence electrons. The molecular formula is C10H22N2O2. The van der Waals surface area contributed by atoms with Crippen LogP contribution in [-0.2, 0) is 4.79 Å². The van der Waals surface area contributed by atoms with Crippen molar-refractivity contribution < 1.29 is 9.90 Å². The van der Waals surface area contributed by atoms with E-state index in [1.165, 1.54) is 0 Å². The first-order chi connectivity index (χ1) is 6.65. The zero-order valence-electron chi connectivity index (χ0n) is 9.12. The average Bonchev–Trinajstić information content (AvgIpc) is 2.21. The van der Waals surface area contributed by atoms with E-state index in [1.807, 2.05) is 13.8 Å². The van der Waals surface area contributed by atoms with Crippen LogP contribution in [0.3, 0.4) is 0 Å². The van der Waals surface area contributed by atoms with E-state index in [-0.39, 0.29) is 24.3 Å². The number of carbonyl (C=O) groups is 1. The van der Waals surface area contributed by atoms with Gasteiger partial charge >= 0.3 is 0 Å². The lowest BCUT2D eigenvalue weighted by Gasteiger charge is -2.15. The monoisotopic (exact) mass is 202 g/mol. The number of amides is 1. The van der Waals surface area contributed by atoms with Crippen LogP contribution in [0.1, 0.15) is 26.7 Å². The second-order valence-corrected chi connectivity index (χ2v) is 3.75. The van der Waals surface area contributed by atoms with Gasteiger partial charge in [-0.2, -0.15) is 0 Å². The van der Waals surface area contributed by atoms with E-state index in [0.717, 1.165) is 12.8 Å². The van der Waals surface area contributed by atoms with Gasteiger partial charge in [0.05, 0.1) is 5.92 Å². The van der Waals surface area contributed by atoms with E-state index in [1.54, 1.807) is 0 Å². The molecule has 0 radical (unpaired) electrons. The average molecular weight is 202 g/mol. The van der Waals surface area contributed by atoms with Crippen LogP contribution in [0.2, 0.25) is 0 Å². The Hall–Kier alpha value is -0.610. The Bertz CT molecular complexity index is 162. The molecule has 2 unspecified atom stereocenters. The number of rotatable bonds is 7. The van der Waals surface area contributed by atoms with Gasteiger partial charge in [-0.05, 0) is 12.3 Å². The van der Waals surface area contributed by atoms with Crippen molar-refractivity contribution in [3.05, 3.63) is 0 Å². The van der Waals surface area contributed by atoms with E-state index in [2.05, 4.69) is 5.32 Å². The van der Waals surface area contributed by atoms with Gasteiger partial charge in [-0.1, -0.05) is 20.3 Å². The molecule has 0 aliphatic heterocycles. The minimum absolute atomic E-state index is 0.00894. The van der Waals surface area contributed by atoms with Crippen LogP contribution in [0.15, 0.2) is 0 Å². The number of nitrogens with one attached hydrogen (secondary N) is 1. The highest BCUT2D eigenvalue weighted by Crippen LogP contribution is 2.04. The van der Waals surface area contributed by atoms with Gasteiger partial charge in [0, 0.05) is 19.7 Å². The number of aliphatic hydroxyl groups excluding tert-OH is 1. The number of hydrogen-bond donors (Lipinski definition) is 3. The van der Waals surface area contributed by atoms with Crippen molar-refractivity contribution in [1.29, 1.82) is 0 Å². The van der Waals surface area contributed by atoms with Crippen molar-refractivity contribution in [1.82, 2.24) is 5.32 Å². The Morgan fingerprint density at radius 1 is 1.57 bits per heavy atom. The highest BCUT2D eigenvalue weighted by atomic mass is 16.3. The van der Waals surface area contributed by atoms with Gasteiger partial charge in [-0.3, -0.25) is 4.79 Å². The second-order valence-electron chi connectivity index (χ2n) is 3.75. The van der Waals surface area contributed by atoms with E-state index in [9.17, 15) is 4.79 Å². The Labute approximate surface area is 85.9 Å². The summed E-state index contributed by atoms with van der Waals surface area (Å²) in [6, 6.07) is 0. The molecule has 0 spiro atoms. The van der Waals surface area contributed by atoms with E-state index in [0.29, 0.717) is 13.1 Å². The van der Waals surface area contributed by atoms with Gasteiger partial charge in [0.2, 0.25) is 5.91 Å². The highest BCUT2D eigenvalue weighted by molar-refractivity contribution is 5.78. The molecule has 0 saturated carbocycles.